The van der Waals surface area contributed by atoms with Gasteiger partial charge in [-0.1, -0.05) is 6.07 Å². The van der Waals surface area contributed by atoms with Gasteiger partial charge in [0.2, 0.25) is 0 Å². The summed E-state index contributed by atoms with van der Waals surface area (Å²) < 4.78 is 5.14. The predicted octanol–water partition coefficient (Wildman–Crippen LogP) is 2.97. The minimum Gasteiger partial charge on any atom is -0.383 e. The highest BCUT2D eigenvalue weighted by atomic mass is 16.2. The lowest BCUT2D eigenvalue weighted by molar-refractivity contribution is 0.0963. The van der Waals surface area contributed by atoms with Crippen molar-refractivity contribution in [2.24, 2.45) is 7.05 Å². The van der Waals surface area contributed by atoms with Crippen molar-refractivity contribution in [3.05, 3.63) is 64.6 Å². The van der Waals surface area contributed by atoms with E-state index in [4.69, 9.17) is 5.73 Å². The molecule has 0 aliphatic heterocycles. The summed E-state index contributed by atoms with van der Waals surface area (Å²) in [6.07, 6.45) is 5.24. The van der Waals surface area contributed by atoms with Crippen LogP contribution in [0.4, 0.5) is 5.82 Å². The Morgan fingerprint density at radius 3 is 2.57 bits per heavy atom. The number of hydrogen-bond acceptors (Lipinski definition) is 6. The highest BCUT2D eigenvalue weighted by Gasteiger charge is 2.20. The molecule has 1 amide bonds. The van der Waals surface area contributed by atoms with Gasteiger partial charge in [-0.25, -0.2) is 9.78 Å². The van der Waals surface area contributed by atoms with E-state index in [1.165, 1.54) is 0 Å². The van der Waals surface area contributed by atoms with Crippen molar-refractivity contribution in [2.75, 3.05) is 12.8 Å². The second-order valence-corrected chi connectivity index (χ2v) is 8.81. The van der Waals surface area contributed by atoms with E-state index in [9.17, 15) is 9.59 Å². The molecule has 35 heavy (non-hydrogen) atoms. The van der Waals surface area contributed by atoms with Gasteiger partial charge in [0.15, 0.2) is 0 Å². The van der Waals surface area contributed by atoms with Crippen LogP contribution in [0.1, 0.15) is 35.9 Å². The van der Waals surface area contributed by atoms with Crippen LogP contribution < -0.4 is 16.7 Å². The number of benzene rings is 1. The zero-order valence-electron chi connectivity index (χ0n) is 20.2. The topological polar surface area (TPSA) is 126 Å². The van der Waals surface area contributed by atoms with Gasteiger partial charge < -0.3 is 11.1 Å². The van der Waals surface area contributed by atoms with E-state index in [2.05, 4.69) is 20.4 Å². The molecule has 5 aromatic rings. The molecular weight excluding hydrogens is 444 g/mol. The molecule has 4 aromatic heterocycles. The highest BCUT2D eigenvalue weighted by molar-refractivity contribution is 6.05. The fraction of sp³-hybridized carbons (Fsp3) is 0.240. The van der Waals surface area contributed by atoms with Gasteiger partial charge in [-0.05, 0) is 44.5 Å². The summed E-state index contributed by atoms with van der Waals surface area (Å²) in [6.45, 7) is 5.98. The Morgan fingerprint density at radius 1 is 1.11 bits per heavy atom. The molecule has 0 saturated carbocycles. The van der Waals surface area contributed by atoms with Crippen LogP contribution in [0.3, 0.4) is 0 Å². The minimum atomic E-state index is -0.309. The van der Waals surface area contributed by atoms with E-state index in [0.717, 1.165) is 38.9 Å². The number of aromatic nitrogens is 6. The lowest BCUT2D eigenvalue weighted by atomic mass is 10.0. The van der Waals surface area contributed by atoms with Crippen LogP contribution in [-0.2, 0) is 7.05 Å². The molecule has 0 aliphatic carbocycles. The molecule has 0 saturated heterocycles. The molecule has 0 atom stereocenters. The first-order valence-corrected chi connectivity index (χ1v) is 11.3. The lowest BCUT2D eigenvalue weighted by Crippen LogP contribution is -2.21. The van der Waals surface area contributed by atoms with Gasteiger partial charge in [0.1, 0.15) is 5.82 Å². The quantitative estimate of drug-likeness (QED) is 0.416. The molecule has 10 heteroatoms. The zero-order chi connectivity index (χ0) is 25.0. The molecule has 4 heterocycles. The number of aryl methyl sites for hydroxylation is 2. The SMILES string of the molecule is CNC(=O)c1cc(-c2ccc3ncc4c(c3c2)n(-c2cn(C(C)C)nc2C)c(=O)n4C)cnc1N. The summed E-state index contributed by atoms with van der Waals surface area (Å²) in [6, 6.07) is 7.64. The van der Waals surface area contributed by atoms with Crippen molar-refractivity contribution in [3.63, 3.8) is 0 Å². The van der Waals surface area contributed by atoms with Gasteiger partial charge in [0.05, 0.1) is 39.7 Å². The Balaban J connectivity index is 1.81. The Bertz CT molecular complexity index is 1690. The number of fused-ring (bicyclic) bond motifs is 3. The molecule has 10 nitrogen and oxygen atoms in total. The Labute approximate surface area is 201 Å². The van der Waals surface area contributed by atoms with Crippen LogP contribution in [0.15, 0.2) is 47.7 Å². The Kier molecular flexibility index (Phi) is 5.16. The normalized spacial score (nSPS) is 11.6. The standard InChI is InChI=1S/C25H26N8O2/c1-13(2)32-12-21(14(3)30-32)33-22-17-8-15(16-9-18(24(34)27-4)23(26)29-10-16)6-7-19(17)28-11-20(22)31(5)25(33)35/h6-13H,1-5H3,(H2,26,29)(H,27,34). The molecule has 0 spiro atoms. The number of carbonyl (C=O) groups is 1. The minimum absolute atomic E-state index is 0.158. The fourth-order valence-electron chi connectivity index (χ4n) is 4.31. The largest absolute Gasteiger partial charge is 0.383 e. The second-order valence-electron chi connectivity index (χ2n) is 8.81. The van der Waals surface area contributed by atoms with Crippen molar-refractivity contribution < 1.29 is 4.79 Å². The molecule has 0 bridgehead atoms. The molecule has 0 radical (unpaired) electrons. The molecule has 0 fully saturated rings. The zero-order valence-corrected chi connectivity index (χ0v) is 20.2. The Morgan fingerprint density at radius 2 is 1.89 bits per heavy atom. The molecule has 3 N–H and O–H groups in total. The van der Waals surface area contributed by atoms with Crippen LogP contribution >= 0.6 is 0 Å². The van der Waals surface area contributed by atoms with Gasteiger partial charge in [0.25, 0.3) is 5.91 Å². The second kappa shape index (κ2) is 8.08. The number of nitrogens with one attached hydrogen (secondary N) is 1. The number of imidazole rings is 1. The van der Waals surface area contributed by atoms with Crippen molar-refractivity contribution in [1.82, 2.24) is 34.2 Å². The van der Waals surface area contributed by atoms with Crippen LogP contribution in [0.25, 0.3) is 38.8 Å². The number of pyridine rings is 2. The molecule has 5 rings (SSSR count). The number of hydrogen-bond donors (Lipinski definition) is 2. The third-order valence-corrected chi connectivity index (χ3v) is 6.27. The molecule has 0 unspecified atom stereocenters. The maximum Gasteiger partial charge on any atom is 0.333 e. The number of nitrogen functional groups attached to an aromatic ring is 1. The number of nitrogens with two attached hydrogens (primary N) is 1. The van der Waals surface area contributed by atoms with Crippen LogP contribution in [0, 0.1) is 6.92 Å². The first kappa shape index (κ1) is 22.3. The maximum atomic E-state index is 13.4. The molecule has 1 aromatic carbocycles. The third kappa shape index (κ3) is 3.45. The number of amides is 1. The average Bonchev–Trinajstić information content (AvgIpc) is 3.35. The monoisotopic (exact) mass is 470 g/mol. The van der Waals surface area contributed by atoms with Crippen LogP contribution in [0.2, 0.25) is 0 Å². The predicted molar refractivity (Wildman–Crippen MR) is 136 cm³/mol. The lowest BCUT2D eigenvalue weighted by Gasteiger charge is -2.09. The Hall–Kier alpha value is -4.47. The molecule has 178 valence electrons. The van der Waals surface area contributed by atoms with Crippen LogP contribution in [0.5, 0.6) is 0 Å². The number of rotatable bonds is 4. The van der Waals surface area contributed by atoms with Crippen LogP contribution in [-0.4, -0.2) is 41.8 Å². The summed E-state index contributed by atoms with van der Waals surface area (Å²) in [5.41, 5.74) is 11.3. The van der Waals surface area contributed by atoms with Gasteiger partial charge in [-0.3, -0.25) is 23.6 Å². The van der Waals surface area contributed by atoms with E-state index in [1.54, 1.807) is 41.7 Å². The first-order chi connectivity index (χ1) is 16.7. The number of anilines is 1. The summed E-state index contributed by atoms with van der Waals surface area (Å²) in [4.78, 5) is 34.4. The van der Waals surface area contributed by atoms with E-state index in [0.29, 0.717) is 11.1 Å². The van der Waals surface area contributed by atoms with E-state index in [-0.39, 0.29) is 23.5 Å². The van der Waals surface area contributed by atoms with E-state index < -0.39 is 0 Å². The number of nitrogens with zero attached hydrogens (tertiary/aromatic N) is 6. The van der Waals surface area contributed by atoms with Gasteiger partial charge >= 0.3 is 5.69 Å². The van der Waals surface area contributed by atoms with Crippen molar-refractivity contribution in [3.8, 4) is 16.8 Å². The van der Waals surface area contributed by atoms with Gasteiger partial charge in [-0.15, -0.1) is 0 Å². The maximum absolute atomic E-state index is 13.4. The summed E-state index contributed by atoms with van der Waals surface area (Å²) in [5.74, 6) is -0.149. The average molecular weight is 471 g/mol. The fourth-order valence-corrected chi connectivity index (χ4v) is 4.31. The van der Waals surface area contributed by atoms with E-state index >= 15 is 0 Å². The van der Waals surface area contributed by atoms with Gasteiger partial charge in [-0.2, -0.15) is 5.10 Å². The first-order valence-electron chi connectivity index (χ1n) is 11.3. The van der Waals surface area contributed by atoms with E-state index in [1.807, 2.05) is 49.8 Å². The summed E-state index contributed by atoms with van der Waals surface area (Å²) in [7, 11) is 3.28. The molecular formula is C25H26N8O2. The number of carbonyl (C=O) groups excluding carboxylic acids is 1. The highest BCUT2D eigenvalue weighted by Crippen LogP contribution is 2.31. The summed E-state index contributed by atoms with van der Waals surface area (Å²) >= 11 is 0. The smallest absolute Gasteiger partial charge is 0.333 e. The van der Waals surface area contributed by atoms with Gasteiger partial charge in [0, 0.05) is 43.5 Å². The van der Waals surface area contributed by atoms with Crippen molar-refractivity contribution >= 4 is 33.7 Å². The molecule has 0 aliphatic rings. The summed E-state index contributed by atoms with van der Waals surface area (Å²) in [5, 5.41) is 7.99. The van der Waals surface area contributed by atoms with Crippen molar-refractivity contribution in [1.29, 1.82) is 0 Å². The third-order valence-electron chi connectivity index (χ3n) is 6.27. The van der Waals surface area contributed by atoms with Crippen molar-refractivity contribution in [2.45, 2.75) is 26.8 Å².